The molecule has 0 aliphatic heterocycles. The molecular weight excluding hydrogens is 348 g/mol. The van der Waals surface area contributed by atoms with E-state index in [1.165, 1.54) is 5.56 Å². The molecule has 0 fully saturated rings. The van der Waals surface area contributed by atoms with E-state index in [1.54, 1.807) is 19.5 Å². The Morgan fingerprint density at radius 3 is 2.62 bits per heavy atom. The number of rotatable bonds is 6. The van der Waals surface area contributed by atoms with Crippen LogP contribution in [0.25, 0.3) is 0 Å². The lowest BCUT2D eigenvalue weighted by Crippen LogP contribution is -2.18. The van der Waals surface area contributed by atoms with Gasteiger partial charge in [0, 0.05) is 30.7 Å². The summed E-state index contributed by atoms with van der Waals surface area (Å²) in [6.45, 7) is 2.71. The van der Waals surface area contributed by atoms with Crippen molar-refractivity contribution in [3.05, 3.63) is 71.0 Å². The van der Waals surface area contributed by atoms with Crippen LogP contribution in [0.4, 0.5) is 17.3 Å². The molecule has 1 aromatic heterocycles. The molecule has 0 radical (unpaired) electrons. The van der Waals surface area contributed by atoms with Gasteiger partial charge in [0.15, 0.2) is 0 Å². The highest BCUT2D eigenvalue weighted by atomic mass is 35.5. The van der Waals surface area contributed by atoms with Crippen molar-refractivity contribution in [1.29, 1.82) is 0 Å². The van der Waals surface area contributed by atoms with Crippen molar-refractivity contribution in [1.82, 2.24) is 9.97 Å². The number of methoxy groups -OCH3 is 1. The third-order valence-corrected chi connectivity index (χ3v) is 4.46. The summed E-state index contributed by atoms with van der Waals surface area (Å²) in [5, 5.41) is 3.95. The fraction of sp³-hybridized carbons (Fsp3) is 0.200. The van der Waals surface area contributed by atoms with E-state index in [0.717, 1.165) is 23.6 Å². The van der Waals surface area contributed by atoms with Crippen molar-refractivity contribution >= 4 is 28.9 Å². The maximum Gasteiger partial charge on any atom is 0.143 e. The number of benzene rings is 2. The molecule has 0 saturated carbocycles. The Morgan fingerprint density at radius 1 is 1.12 bits per heavy atom. The quantitative estimate of drug-likeness (QED) is 0.675. The van der Waals surface area contributed by atoms with Crippen LogP contribution in [-0.4, -0.2) is 24.1 Å². The van der Waals surface area contributed by atoms with Crippen LogP contribution in [-0.2, 0) is 6.54 Å². The van der Waals surface area contributed by atoms with Gasteiger partial charge in [-0.15, -0.1) is 0 Å². The van der Waals surface area contributed by atoms with Gasteiger partial charge in [-0.2, -0.15) is 0 Å². The third-order valence-electron chi connectivity index (χ3n) is 4.05. The molecule has 1 N–H and O–H groups in total. The molecule has 6 heteroatoms. The molecule has 0 bridgehead atoms. The minimum absolute atomic E-state index is 0.665. The molecule has 3 aromatic rings. The number of anilines is 3. The van der Waals surface area contributed by atoms with Crippen molar-refractivity contribution in [3.8, 4) is 5.75 Å². The average Bonchev–Trinajstić information content (AvgIpc) is 2.65. The molecule has 0 unspecified atom stereocenters. The van der Waals surface area contributed by atoms with Gasteiger partial charge in [-0.3, -0.25) is 0 Å². The molecule has 0 atom stereocenters. The Balaban J connectivity index is 1.80. The fourth-order valence-corrected chi connectivity index (χ4v) is 2.78. The van der Waals surface area contributed by atoms with Crippen LogP contribution in [0.5, 0.6) is 5.75 Å². The van der Waals surface area contributed by atoms with E-state index in [1.807, 2.05) is 44.3 Å². The van der Waals surface area contributed by atoms with Gasteiger partial charge in [-0.05, 0) is 24.1 Å². The molecule has 2 aromatic carbocycles. The Bertz CT molecular complexity index is 886. The minimum Gasteiger partial charge on any atom is -0.495 e. The summed E-state index contributed by atoms with van der Waals surface area (Å²) in [6.07, 6.45) is 1.55. The van der Waals surface area contributed by atoms with E-state index < -0.39 is 0 Å². The maximum absolute atomic E-state index is 6.17. The molecule has 0 spiro atoms. The first kappa shape index (κ1) is 18.0. The summed E-state index contributed by atoms with van der Waals surface area (Å²) in [6, 6.07) is 15.9. The summed E-state index contributed by atoms with van der Waals surface area (Å²) in [5.41, 5.74) is 2.99. The molecule has 134 valence electrons. The van der Waals surface area contributed by atoms with E-state index in [9.17, 15) is 0 Å². The van der Waals surface area contributed by atoms with Gasteiger partial charge in [-0.25, -0.2) is 9.97 Å². The van der Waals surface area contributed by atoms with E-state index >= 15 is 0 Å². The minimum atomic E-state index is 0.665. The van der Waals surface area contributed by atoms with Gasteiger partial charge in [0.1, 0.15) is 23.7 Å². The number of nitrogens with one attached hydrogen (secondary N) is 1. The number of aromatic nitrogens is 2. The first-order chi connectivity index (χ1) is 12.6. The maximum atomic E-state index is 6.17. The lowest BCUT2D eigenvalue weighted by molar-refractivity contribution is 0.416. The standard InChI is InChI=1S/C20H21ClN4O/c1-14-9-17(18(26-3)10-16(14)21)24-19-11-20(23-13-22-19)25(2)12-15-7-5-4-6-8-15/h4-11,13H,12H2,1-3H3,(H,22,23,24). The van der Waals surface area contributed by atoms with Crippen molar-refractivity contribution in [2.45, 2.75) is 13.5 Å². The molecule has 26 heavy (non-hydrogen) atoms. The monoisotopic (exact) mass is 368 g/mol. The largest absolute Gasteiger partial charge is 0.495 e. The zero-order chi connectivity index (χ0) is 18.5. The van der Waals surface area contributed by atoms with Crippen LogP contribution in [0.3, 0.4) is 0 Å². The SMILES string of the molecule is COc1cc(Cl)c(C)cc1Nc1cc(N(C)Cc2ccccc2)ncn1. The number of halogens is 1. The molecule has 0 aliphatic rings. The van der Waals surface area contributed by atoms with Crippen molar-refractivity contribution in [2.24, 2.45) is 0 Å². The summed E-state index contributed by atoms with van der Waals surface area (Å²) in [7, 11) is 3.62. The Morgan fingerprint density at radius 2 is 1.88 bits per heavy atom. The second-order valence-corrected chi connectivity index (χ2v) is 6.44. The molecular formula is C20H21ClN4O. The molecule has 0 saturated heterocycles. The summed E-state index contributed by atoms with van der Waals surface area (Å²) in [4.78, 5) is 10.8. The van der Waals surface area contributed by atoms with Gasteiger partial charge in [-0.1, -0.05) is 41.9 Å². The van der Waals surface area contributed by atoms with Crippen molar-refractivity contribution in [3.63, 3.8) is 0 Å². The number of hydrogen-bond donors (Lipinski definition) is 1. The lowest BCUT2D eigenvalue weighted by Gasteiger charge is -2.19. The van der Waals surface area contributed by atoms with E-state index in [4.69, 9.17) is 16.3 Å². The second kappa shape index (κ2) is 8.06. The Kier molecular flexibility index (Phi) is 5.58. The number of hydrogen-bond acceptors (Lipinski definition) is 5. The van der Waals surface area contributed by atoms with Crippen LogP contribution in [0, 0.1) is 6.92 Å². The average molecular weight is 369 g/mol. The fourth-order valence-electron chi connectivity index (χ4n) is 2.63. The summed E-state index contributed by atoms with van der Waals surface area (Å²) >= 11 is 6.17. The Labute approximate surface area is 158 Å². The molecule has 0 amide bonds. The first-order valence-corrected chi connectivity index (χ1v) is 8.63. The molecule has 1 heterocycles. The molecule has 0 aliphatic carbocycles. The van der Waals surface area contributed by atoms with Crippen LogP contribution in [0.1, 0.15) is 11.1 Å². The summed E-state index contributed by atoms with van der Waals surface area (Å²) < 4.78 is 5.41. The van der Waals surface area contributed by atoms with Crippen molar-refractivity contribution < 1.29 is 4.74 Å². The number of aryl methyl sites for hydroxylation is 1. The van der Waals surface area contributed by atoms with E-state index in [-0.39, 0.29) is 0 Å². The normalized spacial score (nSPS) is 10.5. The van der Waals surface area contributed by atoms with E-state index in [2.05, 4.69) is 32.3 Å². The van der Waals surface area contributed by atoms with Gasteiger partial charge >= 0.3 is 0 Å². The predicted octanol–water partition coefficient (Wildman–Crippen LogP) is 4.83. The van der Waals surface area contributed by atoms with E-state index in [0.29, 0.717) is 16.6 Å². The Hall–Kier alpha value is -2.79. The van der Waals surface area contributed by atoms with Crippen LogP contribution < -0.4 is 15.0 Å². The predicted molar refractivity (Wildman–Crippen MR) is 107 cm³/mol. The van der Waals surface area contributed by atoms with Gasteiger partial charge in [0.25, 0.3) is 0 Å². The smallest absolute Gasteiger partial charge is 0.143 e. The number of nitrogens with zero attached hydrogens (tertiary/aromatic N) is 3. The first-order valence-electron chi connectivity index (χ1n) is 8.25. The third kappa shape index (κ3) is 4.24. The second-order valence-electron chi connectivity index (χ2n) is 6.03. The zero-order valence-corrected chi connectivity index (χ0v) is 15.8. The van der Waals surface area contributed by atoms with Crippen molar-refractivity contribution in [2.75, 3.05) is 24.4 Å². The van der Waals surface area contributed by atoms with Gasteiger partial charge < -0.3 is 15.0 Å². The summed E-state index contributed by atoms with van der Waals surface area (Å²) in [5.74, 6) is 2.18. The topological polar surface area (TPSA) is 50.3 Å². The molecule has 5 nitrogen and oxygen atoms in total. The number of ether oxygens (including phenoxy) is 1. The van der Waals surface area contributed by atoms with Crippen LogP contribution >= 0.6 is 11.6 Å². The zero-order valence-electron chi connectivity index (χ0n) is 15.0. The van der Waals surface area contributed by atoms with Crippen LogP contribution in [0.15, 0.2) is 54.9 Å². The van der Waals surface area contributed by atoms with Crippen LogP contribution in [0.2, 0.25) is 5.02 Å². The highest BCUT2D eigenvalue weighted by molar-refractivity contribution is 6.31. The molecule has 3 rings (SSSR count). The van der Waals surface area contributed by atoms with Gasteiger partial charge in [0.05, 0.1) is 12.8 Å². The van der Waals surface area contributed by atoms with Gasteiger partial charge in [0.2, 0.25) is 0 Å². The lowest BCUT2D eigenvalue weighted by atomic mass is 10.2. The highest BCUT2D eigenvalue weighted by Crippen LogP contribution is 2.33. The highest BCUT2D eigenvalue weighted by Gasteiger charge is 2.10.